The standard InChI is InChI=1S/C16H28N2O2/c1-5-7-13-16(20)18(11(4)15(19)17-13)14-9-8-12(6-2)10(14)3/h10-14H,5-9H2,1-4H3,(H,17,19). The van der Waals surface area contributed by atoms with E-state index in [2.05, 4.69) is 19.2 Å². The minimum absolute atomic E-state index is 0.00944. The van der Waals surface area contributed by atoms with Gasteiger partial charge in [0.05, 0.1) is 0 Å². The molecule has 0 aromatic heterocycles. The average molecular weight is 280 g/mol. The molecule has 4 nitrogen and oxygen atoms in total. The van der Waals surface area contributed by atoms with Crippen molar-refractivity contribution in [3.05, 3.63) is 0 Å². The summed E-state index contributed by atoms with van der Waals surface area (Å²) in [6.45, 7) is 8.37. The van der Waals surface area contributed by atoms with Gasteiger partial charge in [0.2, 0.25) is 11.8 Å². The lowest BCUT2D eigenvalue weighted by molar-refractivity contribution is -0.152. The molecule has 1 aliphatic carbocycles. The molecule has 1 aliphatic heterocycles. The van der Waals surface area contributed by atoms with Gasteiger partial charge in [-0.2, -0.15) is 0 Å². The van der Waals surface area contributed by atoms with E-state index in [1.807, 2.05) is 18.7 Å². The van der Waals surface area contributed by atoms with Crippen molar-refractivity contribution >= 4 is 11.8 Å². The third kappa shape index (κ3) is 2.57. The maximum absolute atomic E-state index is 12.7. The van der Waals surface area contributed by atoms with Crippen molar-refractivity contribution in [3.63, 3.8) is 0 Å². The van der Waals surface area contributed by atoms with Crippen LogP contribution in [0, 0.1) is 11.8 Å². The van der Waals surface area contributed by atoms with Crippen LogP contribution in [-0.4, -0.2) is 34.8 Å². The Morgan fingerprint density at radius 3 is 2.45 bits per heavy atom. The Balaban J connectivity index is 2.19. The first kappa shape index (κ1) is 15.3. The van der Waals surface area contributed by atoms with E-state index in [-0.39, 0.29) is 29.9 Å². The van der Waals surface area contributed by atoms with Crippen molar-refractivity contribution in [3.8, 4) is 0 Å². The molecule has 4 heteroatoms. The smallest absolute Gasteiger partial charge is 0.246 e. The van der Waals surface area contributed by atoms with E-state index >= 15 is 0 Å². The van der Waals surface area contributed by atoms with E-state index in [1.165, 1.54) is 12.8 Å². The monoisotopic (exact) mass is 280 g/mol. The molecule has 0 aromatic rings. The van der Waals surface area contributed by atoms with Crippen LogP contribution in [0.25, 0.3) is 0 Å². The third-order valence-corrected chi connectivity index (χ3v) is 5.31. The van der Waals surface area contributed by atoms with E-state index in [0.717, 1.165) is 19.3 Å². The van der Waals surface area contributed by atoms with Crippen LogP contribution in [0.4, 0.5) is 0 Å². The van der Waals surface area contributed by atoms with E-state index < -0.39 is 0 Å². The quantitative estimate of drug-likeness (QED) is 0.859. The summed E-state index contributed by atoms with van der Waals surface area (Å²) in [5.41, 5.74) is 0. The molecular weight excluding hydrogens is 252 g/mol. The molecule has 0 bridgehead atoms. The Bertz CT molecular complexity index is 383. The number of carbonyl (C=O) groups excluding carboxylic acids is 2. The van der Waals surface area contributed by atoms with Gasteiger partial charge in [0.15, 0.2) is 0 Å². The number of amides is 2. The highest BCUT2D eigenvalue weighted by molar-refractivity contribution is 5.96. The number of hydrogen-bond donors (Lipinski definition) is 1. The number of carbonyl (C=O) groups is 2. The zero-order valence-corrected chi connectivity index (χ0v) is 13.2. The van der Waals surface area contributed by atoms with Crippen LogP contribution >= 0.6 is 0 Å². The van der Waals surface area contributed by atoms with Crippen molar-refractivity contribution in [2.24, 2.45) is 11.8 Å². The van der Waals surface area contributed by atoms with E-state index in [1.54, 1.807) is 0 Å². The van der Waals surface area contributed by atoms with Gasteiger partial charge < -0.3 is 10.2 Å². The fourth-order valence-electron chi connectivity index (χ4n) is 3.98. The lowest BCUT2D eigenvalue weighted by Crippen LogP contribution is -2.65. The number of piperazine rings is 1. The van der Waals surface area contributed by atoms with Crippen molar-refractivity contribution in [1.29, 1.82) is 0 Å². The topological polar surface area (TPSA) is 49.4 Å². The van der Waals surface area contributed by atoms with Crippen LogP contribution in [0.2, 0.25) is 0 Å². The fourth-order valence-corrected chi connectivity index (χ4v) is 3.98. The molecule has 20 heavy (non-hydrogen) atoms. The second-order valence-electron chi connectivity index (χ2n) is 6.44. The summed E-state index contributed by atoms with van der Waals surface area (Å²) in [6.07, 6.45) is 5.04. The first-order valence-electron chi connectivity index (χ1n) is 8.13. The highest BCUT2D eigenvalue weighted by Crippen LogP contribution is 2.38. The number of nitrogens with zero attached hydrogens (tertiary/aromatic N) is 1. The summed E-state index contributed by atoms with van der Waals surface area (Å²) in [6, 6.07) is -0.386. The molecule has 2 amide bonds. The normalized spacial score (nSPS) is 38.2. The minimum Gasteiger partial charge on any atom is -0.343 e. The molecule has 1 N–H and O–H groups in total. The van der Waals surface area contributed by atoms with Crippen molar-refractivity contribution in [1.82, 2.24) is 10.2 Å². The Labute approximate surface area is 122 Å². The van der Waals surface area contributed by atoms with Crippen molar-refractivity contribution < 1.29 is 9.59 Å². The molecular formula is C16H28N2O2. The SMILES string of the molecule is CCCC1NC(=O)C(C)N(C2CCC(CC)C2C)C1=O. The number of rotatable bonds is 4. The maximum Gasteiger partial charge on any atom is 0.246 e. The third-order valence-electron chi connectivity index (χ3n) is 5.31. The molecule has 5 atom stereocenters. The number of hydrogen-bond acceptors (Lipinski definition) is 2. The van der Waals surface area contributed by atoms with Gasteiger partial charge in [-0.15, -0.1) is 0 Å². The van der Waals surface area contributed by atoms with Crippen LogP contribution in [0.15, 0.2) is 0 Å². The van der Waals surface area contributed by atoms with Crippen LogP contribution in [0.1, 0.15) is 59.8 Å². The largest absolute Gasteiger partial charge is 0.343 e. The van der Waals surface area contributed by atoms with Crippen LogP contribution in [-0.2, 0) is 9.59 Å². The Kier molecular flexibility index (Phi) is 4.71. The highest BCUT2D eigenvalue weighted by atomic mass is 16.2. The molecule has 0 spiro atoms. The lowest BCUT2D eigenvalue weighted by Gasteiger charge is -2.43. The summed E-state index contributed by atoms with van der Waals surface area (Å²) in [5, 5.41) is 2.88. The molecule has 2 fully saturated rings. The predicted molar refractivity (Wildman–Crippen MR) is 79.1 cm³/mol. The first-order valence-corrected chi connectivity index (χ1v) is 8.13. The van der Waals surface area contributed by atoms with Crippen LogP contribution in [0.3, 0.4) is 0 Å². The first-order chi connectivity index (χ1) is 9.51. The lowest BCUT2D eigenvalue weighted by atomic mass is 9.91. The van der Waals surface area contributed by atoms with E-state index in [4.69, 9.17) is 0 Å². The fraction of sp³-hybridized carbons (Fsp3) is 0.875. The van der Waals surface area contributed by atoms with Gasteiger partial charge in [0.1, 0.15) is 12.1 Å². The van der Waals surface area contributed by atoms with E-state index in [9.17, 15) is 9.59 Å². The average Bonchev–Trinajstić information content (AvgIpc) is 2.78. The summed E-state index contributed by atoms with van der Waals surface area (Å²) in [7, 11) is 0. The molecule has 0 aromatic carbocycles. The van der Waals surface area contributed by atoms with Gasteiger partial charge in [0, 0.05) is 6.04 Å². The van der Waals surface area contributed by atoms with Gasteiger partial charge in [-0.25, -0.2) is 0 Å². The molecule has 5 unspecified atom stereocenters. The number of nitrogens with one attached hydrogen (secondary N) is 1. The molecule has 1 saturated carbocycles. The molecule has 0 radical (unpaired) electrons. The summed E-state index contributed by atoms with van der Waals surface area (Å²) in [5.74, 6) is 1.33. The molecule has 1 saturated heterocycles. The molecule has 2 aliphatic rings. The van der Waals surface area contributed by atoms with Gasteiger partial charge in [-0.1, -0.05) is 33.6 Å². The molecule has 114 valence electrons. The maximum atomic E-state index is 12.7. The van der Waals surface area contributed by atoms with Crippen molar-refractivity contribution in [2.45, 2.75) is 77.9 Å². The second-order valence-corrected chi connectivity index (χ2v) is 6.44. The van der Waals surface area contributed by atoms with Gasteiger partial charge in [-0.05, 0) is 38.0 Å². The zero-order chi connectivity index (χ0) is 14.9. The summed E-state index contributed by atoms with van der Waals surface area (Å²) >= 11 is 0. The van der Waals surface area contributed by atoms with Gasteiger partial charge in [-0.3, -0.25) is 9.59 Å². The van der Waals surface area contributed by atoms with Gasteiger partial charge >= 0.3 is 0 Å². The Morgan fingerprint density at radius 2 is 1.90 bits per heavy atom. The second kappa shape index (κ2) is 6.15. The highest BCUT2D eigenvalue weighted by Gasteiger charge is 2.45. The van der Waals surface area contributed by atoms with E-state index in [0.29, 0.717) is 11.8 Å². The molecule has 2 rings (SSSR count). The Hall–Kier alpha value is -1.06. The van der Waals surface area contributed by atoms with Crippen LogP contribution in [0.5, 0.6) is 0 Å². The van der Waals surface area contributed by atoms with Crippen LogP contribution < -0.4 is 5.32 Å². The zero-order valence-electron chi connectivity index (χ0n) is 13.2. The summed E-state index contributed by atoms with van der Waals surface area (Å²) in [4.78, 5) is 26.8. The predicted octanol–water partition coefficient (Wildman–Crippen LogP) is 2.33. The Morgan fingerprint density at radius 1 is 1.20 bits per heavy atom. The minimum atomic E-state index is -0.321. The molecule has 1 heterocycles. The summed E-state index contributed by atoms with van der Waals surface area (Å²) < 4.78 is 0. The van der Waals surface area contributed by atoms with Gasteiger partial charge in [0.25, 0.3) is 0 Å². The van der Waals surface area contributed by atoms with Crippen molar-refractivity contribution in [2.75, 3.05) is 0 Å².